The molecular formula is C25H19OP. The van der Waals surface area contributed by atoms with E-state index in [-0.39, 0.29) is 0 Å². The molecule has 0 saturated carbocycles. The average Bonchev–Trinajstić information content (AvgIpc) is 2.74. The summed E-state index contributed by atoms with van der Waals surface area (Å²) in [5.41, 5.74) is 2.57. The van der Waals surface area contributed by atoms with Crippen LogP contribution in [0.5, 0.6) is 11.5 Å². The molecule has 130 valence electrons. The van der Waals surface area contributed by atoms with Gasteiger partial charge in [-0.25, -0.2) is 0 Å². The highest BCUT2D eigenvalue weighted by atomic mass is 31.1. The number of para-hydroxylation sites is 1. The van der Waals surface area contributed by atoms with Crippen molar-refractivity contribution in [3.05, 3.63) is 114 Å². The highest BCUT2D eigenvalue weighted by Crippen LogP contribution is 2.41. The Hall–Kier alpha value is -2.89. The standard InChI is InChI=1S/C25H19OP/c1-3-11-20(12-4-1)27(21-13-5-2-6-14-21)25-17-9-16-24-22(25)18-19-10-7-8-15-23(19)26-24/h1-17H,18H2. The Bertz CT molecular complexity index is 1030. The molecule has 4 aromatic rings. The van der Waals surface area contributed by atoms with Crippen LogP contribution in [0.25, 0.3) is 0 Å². The Labute approximate surface area is 161 Å². The van der Waals surface area contributed by atoms with Crippen LogP contribution in [0.1, 0.15) is 11.1 Å². The van der Waals surface area contributed by atoms with Gasteiger partial charge < -0.3 is 4.74 Å². The van der Waals surface area contributed by atoms with E-state index in [1.54, 1.807) is 0 Å². The molecular weight excluding hydrogens is 347 g/mol. The van der Waals surface area contributed by atoms with E-state index in [0.717, 1.165) is 17.9 Å². The van der Waals surface area contributed by atoms with Crippen molar-refractivity contribution in [1.82, 2.24) is 0 Å². The van der Waals surface area contributed by atoms with E-state index in [1.807, 2.05) is 6.07 Å². The smallest absolute Gasteiger partial charge is 0.131 e. The van der Waals surface area contributed by atoms with E-state index >= 15 is 0 Å². The van der Waals surface area contributed by atoms with Gasteiger partial charge >= 0.3 is 0 Å². The van der Waals surface area contributed by atoms with Crippen molar-refractivity contribution in [2.24, 2.45) is 0 Å². The van der Waals surface area contributed by atoms with Gasteiger partial charge in [-0.1, -0.05) is 91.0 Å². The summed E-state index contributed by atoms with van der Waals surface area (Å²) in [6.45, 7) is 0. The Morgan fingerprint density at radius 3 is 1.85 bits per heavy atom. The van der Waals surface area contributed by atoms with Crippen LogP contribution >= 0.6 is 7.92 Å². The Kier molecular flexibility index (Phi) is 4.24. The fraction of sp³-hybridized carbons (Fsp3) is 0.0400. The van der Waals surface area contributed by atoms with Gasteiger partial charge in [-0.3, -0.25) is 0 Å². The Morgan fingerprint density at radius 2 is 1.15 bits per heavy atom. The molecule has 0 saturated heterocycles. The SMILES string of the molecule is c1ccc(P(c2ccccc2)c2cccc3c2Cc2ccccc2O3)cc1. The maximum absolute atomic E-state index is 6.25. The van der Waals surface area contributed by atoms with E-state index in [1.165, 1.54) is 27.0 Å². The lowest BCUT2D eigenvalue weighted by Gasteiger charge is -2.27. The fourth-order valence-electron chi connectivity index (χ4n) is 3.68. The fourth-order valence-corrected chi connectivity index (χ4v) is 6.17. The van der Waals surface area contributed by atoms with Crippen molar-refractivity contribution in [2.45, 2.75) is 6.42 Å². The zero-order valence-corrected chi connectivity index (χ0v) is 15.8. The minimum Gasteiger partial charge on any atom is -0.457 e. The molecule has 0 aliphatic carbocycles. The second-order valence-electron chi connectivity index (χ2n) is 6.65. The lowest BCUT2D eigenvalue weighted by atomic mass is 10.0. The van der Waals surface area contributed by atoms with Crippen LogP contribution in [0.2, 0.25) is 0 Å². The molecule has 0 radical (unpaired) electrons. The first-order chi connectivity index (χ1) is 13.4. The number of fused-ring (bicyclic) bond motifs is 2. The molecule has 0 spiro atoms. The quantitative estimate of drug-likeness (QED) is 0.402. The van der Waals surface area contributed by atoms with Crippen molar-refractivity contribution < 1.29 is 4.74 Å². The molecule has 27 heavy (non-hydrogen) atoms. The number of ether oxygens (including phenoxy) is 1. The predicted octanol–water partition coefficient (Wildman–Crippen LogP) is 5.14. The second kappa shape index (κ2) is 7.02. The summed E-state index contributed by atoms with van der Waals surface area (Å²) in [5, 5.41) is 4.12. The molecule has 0 unspecified atom stereocenters. The average molecular weight is 366 g/mol. The van der Waals surface area contributed by atoms with Crippen LogP contribution in [-0.4, -0.2) is 0 Å². The van der Waals surface area contributed by atoms with Crippen LogP contribution in [0, 0.1) is 0 Å². The number of benzene rings is 4. The third-order valence-electron chi connectivity index (χ3n) is 4.94. The maximum Gasteiger partial charge on any atom is 0.131 e. The maximum atomic E-state index is 6.25. The molecule has 1 aliphatic rings. The lowest BCUT2D eigenvalue weighted by molar-refractivity contribution is 0.461. The van der Waals surface area contributed by atoms with E-state index in [4.69, 9.17) is 4.74 Å². The zero-order valence-electron chi connectivity index (χ0n) is 14.9. The third-order valence-corrected chi connectivity index (χ3v) is 7.47. The Balaban J connectivity index is 1.69. The monoisotopic (exact) mass is 366 g/mol. The number of rotatable bonds is 3. The molecule has 0 bridgehead atoms. The molecule has 2 heteroatoms. The molecule has 1 aliphatic heterocycles. The Morgan fingerprint density at radius 1 is 0.556 bits per heavy atom. The highest BCUT2D eigenvalue weighted by Gasteiger charge is 2.25. The summed E-state index contributed by atoms with van der Waals surface area (Å²) < 4.78 is 6.25. The van der Waals surface area contributed by atoms with Gasteiger partial charge in [-0.2, -0.15) is 0 Å². The van der Waals surface area contributed by atoms with Gasteiger partial charge in [-0.15, -0.1) is 0 Å². The zero-order chi connectivity index (χ0) is 18.1. The van der Waals surface area contributed by atoms with Gasteiger partial charge in [0.2, 0.25) is 0 Å². The van der Waals surface area contributed by atoms with Crippen molar-refractivity contribution in [3.8, 4) is 11.5 Å². The van der Waals surface area contributed by atoms with Gasteiger partial charge in [-0.05, 0) is 41.5 Å². The molecule has 0 fully saturated rings. The molecule has 0 N–H and O–H groups in total. The largest absolute Gasteiger partial charge is 0.457 e. The molecule has 0 atom stereocenters. The summed E-state index contributed by atoms with van der Waals surface area (Å²) in [7, 11) is -0.630. The van der Waals surface area contributed by atoms with Crippen LogP contribution in [0.15, 0.2) is 103 Å². The second-order valence-corrected chi connectivity index (χ2v) is 8.83. The summed E-state index contributed by atoms with van der Waals surface area (Å²) in [4.78, 5) is 0. The topological polar surface area (TPSA) is 9.23 Å². The predicted molar refractivity (Wildman–Crippen MR) is 114 cm³/mol. The van der Waals surface area contributed by atoms with Gasteiger partial charge in [0.1, 0.15) is 11.5 Å². The van der Waals surface area contributed by atoms with Crippen molar-refractivity contribution in [3.63, 3.8) is 0 Å². The van der Waals surface area contributed by atoms with Gasteiger partial charge in [0.25, 0.3) is 0 Å². The number of hydrogen-bond donors (Lipinski definition) is 0. The molecule has 5 rings (SSSR count). The summed E-state index contributed by atoms with van der Waals surface area (Å²) in [6.07, 6.45) is 0.917. The summed E-state index contributed by atoms with van der Waals surface area (Å²) >= 11 is 0. The van der Waals surface area contributed by atoms with Gasteiger partial charge in [0, 0.05) is 12.0 Å². The van der Waals surface area contributed by atoms with Crippen LogP contribution in [0.3, 0.4) is 0 Å². The van der Waals surface area contributed by atoms with E-state index in [9.17, 15) is 0 Å². The molecule has 4 aromatic carbocycles. The highest BCUT2D eigenvalue weighted by molar-refractivity contribution is 7.79. The third kappa shape index (κ3) is 3.05. The van der Waals surface area contributed by atoms with E-state index in [2.05, 4.69) is 97.1 Å². The first-order valence-corrected chi connectivity index (χ1v) is 10.5. The normalized spacial score (nSPS) is 12.2. The minimum absolute atomic E-state index is 0.630. The van der Waals surface area contributed by atoms with Crippen molar-refractivity contribution in [1.29, 1.82) is 0 Å². The van der Waals surface area contributed by atoms with Crippen molar-refractivity contribution >= 4 is 23.8 Å². The minimum atomic E-state index is -0.630. The molecule has 1 heterocycles. The molecule has 1 nitrogen and oxygen atoms in total. The van der Waals surface area contributed by atoms with E-state index in [0.29, 0.717) is 0 Å². The number of hydrogen-bond acceptors (Lipinski definition) is 1. The summed E-state index contributed by atoms with van der Waals surface area (Å²) in [5.74, 6) is 1.97. The molecule has 0 aromatic heterocycles. The first kappa shape index (κ1) is 16.3. The van der Waals surface area contributed by atoms with Crippen LogP contribution < -0.4 is 20.7 Å². The molecule has 0 amide bonds. The first-order valence-electron chi connectivity index (χ1n) is 9.18. The van der Waals surface area contributed by atoms with Gasteiger partial charge in [0.05, 0.1) is 0 Å². The van der Waals surface area contributed by atoms with E-state index < -0.39 is 7.92 Å². The lowest BCUT2D eigenvalue weighted by Crippen LogP contribution is -2.24. The summed E-state index contributed by atoms with van der Waals surface area (Å²) in [6, 6.07) is 36.5. The van der Waals surface area contributed by atoms with Crippen LogP contribution in [0.4, 0.5) is 0 Å². The van der Waals surface area contributed by atoms with Crippen molar-refractivity contribution in [2.75, 3.05) is 0 Å². The van der Waals surface area contributed by atoms with Gasteiger partial charge in [0.15, 0.2) is 0 Å². The van der Waals surface area contributed by atoms with Crippen LogP contribution in [-0.2, 0) is 6.42 Å².